The zero-order chi connectivity index (χ0) is 25.2. The van der Waals surface area contributed by atoms with Crippen LogP contribution in [-0.2, 0) is 13.1 Å². The van der Waals surface area contributed by atoms with E-state index in [0.29, 0.717) is 19.1 Å². The van der Waals surface area contributed by atoms with Gasteiger partial charge >= 0.3 is 0 Å². The van der Waals surface area contributed by atoms with Gasteiger partial charge in [0.2, 0.25) is 0 Å². The lowest BCUT2D eigenvalue weighted by atomic mass is 9.98. The molecule has 0 saturated heterocycles. The Morgan fingerprint density at radius 3 is 2.53 bits per heavy atom. The number of aromatic nitrogens is 5. The standard InChI is InChI=1S/C29H36N6O/c1-19(2)27(28-31-32-33-35(28)25-12-8-9-13-25)34(17-22-10-6-5-7-11-22)18-24-16-23-15-20(3)14-21(4)26(23)30-29(24)36/h5-7,10-11,14-16,19,25,27H,8-9,12-13,17-18H2,1-4H3,(H,30,36)/t27-/m0/s1. The van der Waals surface area contributed by atoms with Crippen molar-refractivity contribution in [3.8, 4) is 0 Å². The number of hydrogen-bond donors (Lipinski definition) is 1. The molecule has 0 spiro atoms. The number of nitrogens with zero attached hydrogens (tertiary/aromatic N) is 5. The zero-order valence-electron chi connectivity index (χ0n) is 21.7. The van der Waals surface area contributed by atoms with Gasteiger partial charge in [-0.1, -0.05) is 68.7 Å². The van der Waals surface area contributed by atoms with Gasteiger partial charge in [-0.2, -0.15) is 0 Å². The van der Waals surface area contributed by atoms with E-state index in [-0.39, 0.29) is 17.5 Å². The van der Waals surface area contributed by atoms with Crippen LogP contribution in [0.25, 0.3) is 10.9 Å². The van der Waals surface area contributed by atoms with E-state index in [4.69, 9.17) is 0 Å². The molecule has 5 rings (SSSR count). The maximum Gasteiger partial charge on any atom is 0.252 e. The molecule has 1 fully saturated rings. The van der Waals surface area contributed by atoms with Gasteiger partial charge in [0.05, 0.1) is 17.6 Å². The van der Waals surface area contributed by atoms with Gasteiger partial charge in [0.25, 0.3) is 5.56 Å². The number of fused-ring (bicyclic) bond motifs is 1. The molecule has 0 amide bonds. The Morgan fingerprint density at radius 2 is 1.81 bits per heavy atom. The van der Waals surface area contributed by atoms with Crippen LogP contribution in [-0.4, -0.2) is 30.1 Å². The normalized spacial score (nSPS) is 15.4. The van der Waals surface area contributed by atoms with Gasteiger partial charge in [-0.3, -0.25) is 9.69 Å². The first kappa shape index (κ1) is 24.4. The van der Waals surface area contributed by atoms with Crippen LogP contribution in [0.5, 0.6) is 0 Å². The van der Waals surface area contributed by atoms with E-state index < -0.39 is 0 Å². The highest BCUT2D eigenvalue weighted by Crippen LogP contribution is 2.35. The third-order valence-corrected chi connectivity index (χ3v) is 7.45. The van der Waals surface area contributed by atoms with E-state index in [2.05, 4.69) is 93.3 Å². The second kappa shape index (κ2) is 10.3. The van der Waals surface area contributed by atoms with Crippen molar-refractivity contribution in [2.45, 2.75) is 78.6 Å². The third kappa shape index (κ3) is 4.98. The van der Waals surface area contributed by atoms with Crippen LogP contribution in [0.2, 0.25) is 0 Å². The topological polar surface area (TPSA) is 79.7 Å². The molecule has 0 unspecified atom stereocenters. The Kier molecular flexibility index (Phi) is 7.01. The Balaban J connectivity index is 1.57. The molecule has 1 aliphatic carbocycles. The summed E-state index contributed by atoms with van der Waals surface area (Å²) in [6.45, 7) is 9.78. The third-order valence-electron chi connectivity index (χ3n) is 7.45. The van der Waals surface area contributed by atoms with Crippen LogP contribution in [0.15, 0.2) is 53.3 Å². The molecule has 7 heteroatoms. The minimum atomic E-state index is -0.0367. The summed E-state index contributed by atoms with van der Waals surface area (Å²) < 4.78 is 2.06. The average molecular weight is 485 g/mol. The number of aromatic amines is 1. The number of nitrogens with one attached hydrogen (secondary N) is 1. The molecule has 1 N–H and O–H groups in total. The molecule has 36 heavy (non-hydrogen) atoms. The van der Waals surface area contributed by atoms with Crippen molar-refractivity contribution in [2.24, 2.45) is 5.92 Å². The summed E-state index contributed by atoms with van der Waals surface area (Å²) >= 11 is 0. The van der Waals surface area contributed by atoms with Crippen LogP contribution in [0, 0.1) is 19.8 Å². The Morgan fingerprint density at radius 1 is 1.06 bits per heavy atom. The maximum atomic E-state index is 13.3. The molecule has 1 atom stereocenters. The van der Waals surface area contributed by atoms with Gasteiger partial charge in [-0.05, 0) is 71.7 Å². The fourth-order valence-electron chi connectivity index (χ4n) is 5.83. The summed E-state index contributed by atoms with van der Waals surface area (Å²) in [5.74, 6) is 1.15. The second-order valence-corrected chi connectivity index (χ2v) is 10.7. The van der Waals surface area contributed by atoms with Crippen molar-refractivity contribution < 1.29 is 0 Å². The van der Waals surface area contributed by atoms with E-state index in [1.54, 1.807) is 0 Å². The molecule has 0 aliphatic heterocycles. The smallest absolute Gasteiger partial charge is 0.252 e. The highest BCUT2D eigenvalue weighted by molar-refractivity contribution is 5.82. The fourth-order valence-corrected chi connectivity index (χ4v) is 5.83. The number of tetrazole rings is 1. The molecular formula is C29H36N6O. The summed E-state index contributed by atoms with van der Waals surface area (Å²) in [6, 6.07) is 17.1. The van der Waals surface area contributed by atoms with E-state index in [1.165, 1.54) is 24.0 Å². The summed E-state index contributed by atoms with van der Waals surface area (Å²) in [4.78, 5) is 18.8. The highest BCUT2D eigenvalue weighted by atomic mass is 16.1. The summed E-state index contributed by atoms with van der Waals surface area (Å²) in [7, 11) is 0. The maximum absolute atomic E-state index is 13.3. The van der Waals surface area contributed by atoms with Crippen LogP contribution < -0.4 is 5.56 Å². The van der Waals surface area contributed by atoms with E-state index in [0.717, 1.165) is 40.7 Å². The minimum Gasteiger partial charge on any atom is -0.321 e. The molecule has 4 aromatic rings. The SMILES string of the molecule is Cc1cc(C)c2[nH]c(=O)c(CN(Cc3ccccc3)[C@H](c3nnnn3C3CCCC3)C(C)C)cc2c1. The van der Waals surface area contributed by atoms with Crippen molar-refractivity contribution >= 4 is 10.9 Å². The van der Waals surface area contributed by atoms with E-state index in [9.17, 15) is 4.79 Å². The molecule has 0 bridgehead atoms. The van der Waals surface area contributed by atoms with E-state index >= 15 is 0 Å². The predicted octanol–water partition coefficient (Wildman–Crippen LogP) is 5.65. The van der Waals surface area contributed by atoms with Gasteiger partial charge in [0.1, 0.15) is 0 Å². The number of benzene rings is 2. The van der Waals surface area contributed by atoms with Crippen LogP contribution in [0.4, 0.5) is 0 Å². The van der Waals surface area contributed by atoms with E-state index in [1.807, 2.05) is 13.0 Å². The first-order valence-corrected chi connectivity index (χ1v) is 13.1. The molecule has 2 aromatic carbocycles. The summed E-state index contributed by atoms with van der Waals surface area (Å²) in [6.07, 6.45) is 4.67. The number of aryl methyl sites for hydroxylation is 2. The molecule has 1 aliphatic rings. The minimum absolute atomic E-state index is 0.0323. The van der Waals surface area contributed by atoms with Gasteiger partial charge in [-0.25, -0.2) is 4.68 Å². The average Bonchev–Trinajstić information content (AvgIpc) is 3.53. The number of hydrogen-bond acceptors (Lipinski definition) is 5. The predicted molar refractivity (Wildman–Crippen MR) is 143 cm³/mol. The first-order valence-electron chi connectivity index (χ1n) is 13.1. The summed E-state index contributed by atoms with van der Waals surface area (Å²) in [5, 5.41) is 14.2. The van der Waals surface area contributed by atoms with Gasteiger partial charge < -0.3 is 4.98 Å². The Hall–Kier alpha value is -3.32. The summed E-state index contributed by atoms with van der Waals surface area (Å²) in [5.41, 5.74) is 5.11. The van der Waals surface area contributed by atoms with Gasteiger partial charge in [0.15, 0.2) is 5.82 Å². The monoisotopic (exact) mass is 484 g/mol. The largest absolute Gasteiger partial charge is 0.321 e. The van der Waals surface area contributed by atoms with Gasteiger partial charge in [0, 0.05) is 18.7 Å². The lowest BCUT2D eigenvalue weighted by Gasteiger charge is -2.34. The Bertz CT molecular complexity index is 1380. The molecule has 7 nitrogen and oxygen atoms in total. The van der Waals surface area contributed by atoms with Crippen molar-refractivity contribution in [2.75, 3.05) is 0 Å². The van der Waals surface area contributed by atoms with Crippen molar-refractivity contribution in [3.63, 3.8) is 0 Å². The number of pyridine rings is 1. The molecule has 2 aromatic heterocycles. The lowest BCUT2D eigenvalue weighted by Crippen LogP contribution is -2.35. The van der Waals surface area contributed by atoms with Crippen LogP contribution >= 0.6 is 0 Å². The molecule has 0 radical (unpaired) electrons. The molecular weight excluding hydrogens is 448 g/mol. The number of rotatable bonds is 8. The first-order chi connectivity index (χ1) is 17.4. The number of H-pyrrole nitrogens is 1. The van der Waals surface area contributed by atoms with Crippen molar-refractivity contribution in [1.29, 1.82) is 0 Å². The van der Waals surface area contributed by atoms with Crippen LogP contribution in [0.3, 0.4) is 0 Å². The molecule has 188 valence electrons. The quantitative estimate of drug-likeness (QED) is 0.350. The van der Waals surface area contributed by atoms with Crippen LogP contribution in [0.1, 0.15) is 79.7 Å². The zero-order valence-corrected chi connectivity index (χ0v) is 21.7. The second-order valence-electron chi connectivity index (χ2n) is 10.7. The lowest BCUT2D eigenvalue weighted by molar-refractivity contribution is 0.123. The highest BCUT2D eigenvalue weighted by Gasteiger charge is 2.32. The van der Waals surface area contributed by atoms with Gasteiger partial charge in [-0.15, -0.1) is 5.10 Å². The molecule has 2 heterocycles. The molecule has 1 saturated carbocycles. The van der Waals surface area contributed by atoms with Crippen molar-refractivity contribution in [3.05, 3.63) is 87.0 Å². The fraction of sp³-hybridized carbons (Fsp3) is 0.448. The van der Waals surface area contributed by atoms with Crippen molar-refractivity contribution in [1.82, 2.24) is 30.1 Å². The Labute approximate surface area is 212 Å².